The topological polar surface area (TPSA) is 94.7 Å². The van der Waals surface area contributed by atoms with Crippen molar-refractivity contribution in [3.63, 3.8) is 0 Å². The summed E-state index contributed by atoms with van der Waals surface area (Å²) in [5.74, 6) is 2.07. The van der Waals surface area contributed by atoms with Crippen molar-refractivity contribution in [1.29, 1.82) is 0 Å². The van der Waals surface area contributed by atoms with Gasteiger partial charge in [0, 0.05) is 11.1 Å². The van der Waals surface area contributed by atoms with E-state index in [1.54, 1.807) is 14.2 Å². The lowest BCUT2D eigenvalue weighted by Crippen LogP contribution is -2.19. The van der Waals surface area contributed by atoms with Gasteiger partial charge in [-0.1, -0.05) is 5.16 Å². The van der Waals surface area contributed by atoms with Gasteiger partial charge in [0.25, 0.3) is 0 Å². The molecular weight excluding hydrogens is 334 g/mol. The number of nitrogens with zero attached hydrogens (tertiary/aromatic N) is 5. The van der Waals surface area contributed by atoms with Crippen molar-refractivity contribution >= 4 is 5.84 Å². The Labute approximate surface area is 150 Å². The first-order valence-corrected chi connectivity index (χ1v) is 7.90. The smallest absolute Gasteiger partial charge is 0.222 e. The van der Waals surface area contributed by atoms with E-state index in [2.05, 4.69) is 20.6 Å². The van der Waals surface area contributed by atoms with Crippen molar-refractivity contribution in [2.75, 3.05) is 14.2 Å². The molecule has 8 nitrogen and oxygen atoms in total. The first-order chi connectivity index (χ1) is 12.6. The Morgan fingerprint density at radius 3 is 2.15 bits per heavy atom. The van der Waals surface area contributed by atoms with Crippen molar-refractivity contribution in [3.8, 4) is 22.9 Å². The molecule has 0 saturated carbocycles. The van der Waals surface area contributed by atoms with Crippen LogP contribution >= 0.6 is 0 Å². The molecule has 0 fully saturated rings. The highest BCUT2D eigenvalue weighted by molar-refractivity contribution is 6.01. The van der Waals surface area contributed by atoms with Crippen LogP contribution in [0.15, 0.2) is 41.6 Å². The van der Waals surface area contributed by atoms with Crippen molar-refractivity contribution in [2.45, 2.75) is 13.8 Å². The summed E-state index contributed by atoms with van der Waals surface area (Å²) in [4.78, 5) is 1.21. The Balaban J connectivity index is 1.99. The molecule has 0 radical (unpaired) electrons. The van der Waals surface area contributed by atoms with Gasteiger partial charge in [-0.25, -0.2) is 0 Å². The van der Waals surface area contributed by atoms with Crippen LogP contribution < -0.4 is 9.47 Å². The van der Waals surface area contributed by atoms with Gasteiger partial charge in [-0.15, -0.1) is 15.0 Å². The highest BCUT2D eigenvalue weighted by atomic mass is 16.5. The number of hydrogen-bond donors (Lipinski definition) is 1. The molecule has 1 heterocycles. The van der Waals surface area contributed by atoms with Crippen LogP contribution in [0.5, 0.6) is 11.5 Å². The Morgan fingerprint density at radius 2 is 1.62 bits per heavy atom. The number of tetrazole rings is 1. The predicted octanol–water partition coefficient (Wildman–Crippen LogP) is 2.66. The SMILES string of the molecule is COc1ccc(-c2nnn(C(=NO)c3c(C)cc(OC)cc3C)n2)cc1. The minimum Gasteiger partial charge on any atom is -0.497 e. The zero-order valence-electron chi connectivity index (χ0n) is 15.0. The molecule has 0 bridgehead atoms. The molecule has 2 aromatic carbocycles. The zero-order valence-corrected chi connectivity index (χ0v) is 15.0. The van der Waals surface area contributed by atoms with Crippen molar-refractivity contribution in [3.05, 3.63) is 53.1 Å². The van der Waals surface area contributed by atoms with Crippen LogP contribution in [0.2, 0.25) is 0 Å². The summed E-state index contributed by atoms with van der Waals surface area (Å²) >= 11 is 0. The number of oxime groups is 1. The molecule has 26 heavy (non-hydrogen) atoms. The van der Waals surface area contributed by atoms with E-state index in [4.69, 9.17) is 9.47 Å². The number of rotatable bonds is 4. The largest absolute Gasteiger partial charge is 0.497 e. The Bertz CT molecular complexity index is 925. The third-order valence-electron chi connectivity index (χ3n) is 4.01. The predicted molar refractivity (Wildman–Crippen MR) is 96.0 cm³/mol. The molecule has 0 amide bonds. The summed E-state index contributed by atoms with van der Waals surface area (Å²) in [6.07, 6.45) is 0. The molecule has 0 spiro atoms. The summed E-state index contributed by atoms with van der Waals surface area (Å²) in [6, 6.07) is 11.0. The third kappa shape index (κ3) is 3.21. The Hall–Kier alpha value is -3.42. The second-order valence-electron chi connectivity index (χ2n) is 5.69. The maximum Gasteiger partial charge on any atom is 0.222 e. The molecule has 134 valence electrons. The van der Waals surface area contributed by atoms with E-state index in [0.29, 0.717) is 11.4 Å². The van der Waals surface area contributed by atoms with Crippen molar-refractivity contribution in [2.24, 2.45) is 5.16 Å². The summed E-state index contributed by atoms with van der Waals surface area (Å²) < 4.78 is 10.4. The third-order valence-corrected chi connectivity index (χ3v) is 4.01. The molecule has 3 aromatic rings. The van der Waals surface area contributed by atoms with Crippen LogP contribution in [0.1, 0.15) is 16.7 Å². The monoisotopic (exact) mass is 353 g/mol. The van der Waals surface area contributed by atoms with Gasteiger partial charge in [-0.2, -0.15) is 0 Å². The molecule has 0 aliphatic carbocycles. The lowest BCUT2D eigenvalue weighted by Gasteiger charge is -2.12. The summed E-state index contributed by atoms with van der Waals surface area (Å²) in [6.45, 7) is 3.80. The summed E-state index contributed by atoms with van der Waals surface area (Å²) in [5.41, 5.74) is 3.24. The molecule has 1 aromatic heterocycles. The van der Waals surface area contributed by atoms with E-state index in [1.165, 1.54) is 4.80 Å². The van der Waals surface area contributed by atoms with Gasteiger partial charge in [-0.3, -0.25) is 0 Å². The minimum atomic E-state index is 0.190. The number of aromatic nitrogens is 4. The van der Waals surface area contributed by atoms with Crippen LogP contribution in [-0.4, -0.2) is 45.5 Å². The highest BCUT2D eigenvalue weighted by Crippen LogP contribution is 2.23. The number of ether oxygens (including phenoxy) is 2. The van der Waals surface area contributed by atoms with Crippen LogP contribution in [0.3, 0.4) is 0 Å². The van der Waals surface area contributed by atoms with Gasteiger partial charge < -0.3 is 14.7 Å². The minimum absolute atomic E-state index is 0.190. The fraction of sp³-hybridized carbons (Fsp3) is 0.222. The maximum atomic E-state index is 9.57. The van der Waals surface area contributed by atoms with Gasteiger partial charge >= 0.3 is 0 Å². The van der Waals surface area contributed by atoms with E-state index in [1.807, 2.05) is 50.2 Å². The lowest BCUT2D eigenvalue weighted by molar-refractivity contribution is 0.315. The van der Waals surface area contributed by atoms with Crippen LogP contribution in [0.4, 0.5) is 0 Å². The summed E-state index contributed by atoms with van der Waals surface area (Å²) in [5, 5.41) is 25.4. The molecule has 0 saturated heterocycles. The average molecular weight is 353 g/mol. The lowest BCUT2D eigenvalue weighted by atomic mass is 10.0. The molecule has 3 rings (SSSR count). The van der Waals surface area contributed by atoms with Gasteiger partial charge in [0.05, 0.1) is 14.2 Å². The number of benzene rings is 2. The number of aryl methyl sites for hydroxylation is 2. The Morgan fingerprint density at radius 1 is 1.00 bits per heavy atom. The van der Waals surface area contributed by atoms with E-state index in [0.717, 1.165) is 28.2 Å². The summed E-state index contributed by atoms with van der Waals surface area (Å²) in [7, 11) is 3.21. The molecule has 8 heteroatoms. The molecule has 0 atom stereocenters. The van der Waals surface area contributed by atoms with Crippen LogP contribution in [-0.2, 0) is 0 Å². The Kier molecular flexibility index (Phi) is 4.83. The highest BCUT2D eigenvalue weighted by Gasteiger charge is 2.18. The second kappa shape index (κ2) is 7.22. The molecular formula is C18H19N5O3. The van der Waals surface area contributed by atoms with Crippen molar-refractivity contribution < 1.29 is 14.7 Å². The molecule has 0 aliphatic heterocycles. The van der Waals surface area contributed by atoms with E-state index in [9.17, 15) is 5.21 Å². The van der Waals surface area contributed by atoms with Crippen LogP contribution in [0, 0.1) is 13.8 Å². The fourth-order valence-corrected chi connectivity index (χ4v) is 2.74. The zero-order chi connectivity index (χ0) is 18.7. The van der Waals surface area contributed by atoms with E-state index < -0.39 is 0 Å². The molecule has 1 N–H and O–H groups in total. The normalized spacial score (nSPS) is 11.5. The number of methoxy groups -OCH3 is 2. The average Bonchev–Trinajstić information content (AvgIpc) is 3.14. The first-order valence-electron chi connectivity index (χ1n) is 7.90. The quantitative estimate of drug-likeness (QED) is 0.335. The second-order valence-corrected chi connectivity index (χ2v) is 5.69. The van der Waals surface area contributed by atoms with Gasteiger partial charge in [-0.05, 0) is 66.6 Å². The molecule has 0 aliphatic rings. The van der Waals surface area contributed by atoms with Gasteiger partial charge in [0.2, 0.25) is 11.7 Å². The first kappa shape index (κ1) is 17.4. The standard InChI is InChI=1S/C18H19N5O3/c1-11-9-15(26-4)10-12(2)16(11)18(21-24)23-20-17(19-22-23)13-5-7-14(25-3)8-6-13/h5-10,24H,1-4H3. The molecule has 0 unspecified atom stereocenters. The van der Waals surface area contributed by atoms with Gasteiger partial charge in [0.15, 0.2) is 0 Å². The van der Waals surface area contributed by atoms with E-state index >= 15 is 0 Å². The van der Waals surface area contributed by atoms with Gasteiger partial charge in [0.1, 0.15) is 11.5 Å². The number of hydrogen-bond acceptors (Lipinski definition) is 7. The van der Waals surface area contributed by atoms with Crippen LogP contribution in [0.25, 0.3) is 11.4 Å². The fourth-order valence-electron chi connectivity index (χ4n) is 2.74. The van der Waals surface area contributed by atoms with E-state index in [-0.39, 0.29) is 5.84 Å². The van der Waals surface area contributed by atoms with Crippen molar-refractivity contribution in [1.82, 2.24) is 20.2 Å². The maximum absolute atomic E-state index is 9.57.